The van der Waals surface area contributed by atoms with E-state index in [2.05, 4.69) is 63.9 Å². The van der Waals surface area contributed by atoms with Gasteiger partial charge in [-0.1, -0.05) is 30.9 Å². The Hall–Kier alpha value is -3.49. The topological polar surface area (TPSA) is 41.4 Å². The van der Waals surface area contributed by atoms with E-state index in [4.69, 9.17) is 4.98 Å². The van der Waals surface area contributed by atoms with Gasteiger partial charge < -0.3 is 4.90 Å². The molecule has 0 aliphatic carbocycles. The van der Waals surface area contributed by atoms with Crippen LogP contribution in [0.3, 0.4) is 0 Å². The zero-order chi connectivity index (χ0) is 22.6. The summed E-state index contributed by atoms with van der Waals surface area (Å²) in [4.78, 5) is 16.3. The summed E-state index contributed by atoms with van der Waals surface area (Å²) in [5.74, 6) is 1.65. The third-order valence-electron chi connectivity index (χ3n) is 6.76. The Morgan fingerprint density at radius 2 is 1.94 bits per heavy atom. The molecule has 166 valence electrons. The number of rotatable bonds is 5. The predicted octanol–water partition coefficient (Wildman–Crippen LogP) is 6.28. The van der Waals surface area contributed by atoms with Gasteiger partial charge >= 0.3 is 0 Å². The highest BCUT2D eigenvalue weighted by Crippen LogP contribution is 2.29. The van der Waals surface area contributed by atoms with Crippen molar-refractivity contribution in [2.45, 2.75) is 39.5 Å². The van der Waals surface area contributed by atoms with Gasteiger partial charge in [-0.2, -0.15) is 0 Å². The van der Waals surface area contributed by atoms with Crippen LogP contribution < -0.4 is 0 Å². The van der Waals surface area contributed by atoms with Crippen LogP contribution in [0.1, 0.15) is 37.4 Å². The smallest absolute Gasteiger partial charge is 0.173 e. The first kappa shape index (κ1) is 21.4. The third kappa shape index (κ3) is 4.81. The van der Waals surface area contributed by atoms with Crippen LogP contribution in [-0.4, -0.2) is 34.2 Å². The number of likely N-dealkylation sites (tertiary alicyclic amines) is 1. The molecule has 3 aromatic rings. The van der Waals surface area contributed by atoms with Crippen molar-refractivity contribution in [2.75, 3.05) is 13.1 Å². The monoisotopic (exact) mass is 434 g/mol. The first-order chi connectivity index (χ1) is 16.2. The lowest BCUT2D eigenvalue weighted by Gasteiger charge is -2.33. The number of hydrogen-bond donors (Lipinski definition) is 0. The quantitative estimate of drug-likeness (QED) is 0.444. The fourth-order valence-corrected chi connectivity index (χ4v) is 4.68. The molecule has 2 aliphatic heterocycles. The van der Waals surface area contributed by atoms with Crippen LogP contribution in [0.5, 0.6) is 0 Å². The van der Waals surface area contributed by atoms with E-state index in [1.165, 1.54) is 34.8 Å². The van der Waals surface area contributed by atoms with Crippen molar-refractivity contribution in [3.05, 3.63) is 89.3 Å². The van der Waals surface area contributed by atoms with Gasteiger partial charge in [0.1, 0.15) is 0 Å². The molecule has 5 rings (SSSR count). The molecule has 0 N–H and O–H groups in total. The largest absolute Gasteiger partial charge is 0.350 e. The predicted molar refractivity (Wildman–Crippen MR) is 136 cm³/mol. The molecule has 2 aliphatic rings. The molecule has 0 atom stereocenters. The minimum absolute atomic E-state index is 0.677. The van der Waals surface area contributed by atoms with E-state index in [9.17, 15) is 0 Å². The molecule has 4 heterocycles. The van der Waals surface area contributed by atoms with Gasteiger partial charge in [0.15, 0.2) is 5.82 Å². The van der Waals surface area contributed by atoms with Gasteiger partial charge in [0, 0.05) is 48.3 Å². The Balaban J connectivity index is 1.27. The first-order valence-corrected chi connectivity index (χ1v) is 11.9. The Morgan fingerprint density at radius 3 is 2.73 bits per heavy atom. The van der Waals surface area contributed by atoms with Crippen LogP contribution in [0.15, 0.2) is 83.1 Å². The van der Waals surface area contributed by atoms with Crippen LogP contribution in [0.2, 0.25) is 0 Å². The standard InChI is InChI=1S/C29H30N4/c1-3-22-6-4-9-29(32-18-22)33-14-12-23(13-15-33)16-24-7-5-8-25-17-28(31-20-27(24)25)26-11-10-21(2)30-19-26/h4-8,10-11,17-20,23H,3,12-16H2,1-2H3. The van der Waals surface area contributed by atoms with Crippen molar-refractivity contribution in [1.29, 1.82) is 0 Å². The second-order valence-electron chi connectivity index (χ2n) is 9.02. The summed E-state index contributed by atoms with van der Waals surface area (Å²) in [6.45, 7) is 6.23. The average Bonchev–Trinajstić information content (AvgIpc) is 3.11. The summed E-state index contributed by atoms with van der Waals surface area (Å²) in [7, 11) is 0. The van der Waals surface area contributed by atoms with E-state index in [1.807, 2.05) is 37.7 Å². The van der Waals surface area contributed by atoms with E-state index < -0.39 is 0 Å². The normalized spacial score (nSPS) is 16.6. The van der Waals surface area contributed by atoms with E-state index >= 15 is 0 Å². The molecule has 0 unspecified atom stereocenters. The molecule has 0 radical (unpaired) electrons. The summed E-state index contributed by atoms with van der Waals surface area (Å²) in [6.07, 6.45) is 14.5. The van der Waals surface area contributed by atoms with Crippen molar-refractivity contribution in [3.8, 4) is 11.3 Å². The Morgan fingerprint density at radius 1 is 1.06 bits per heavy atom. The summed E-state index contributed by atoms with van der Waals surface area (Å²) < 4.78 is 0. The van der Waals surface area contributed by atoms with Gasteiger partial charge in [0.05, 0.1) is 5.69 Å². The molecule has 4 heteroatoms. The maximum absolute atomic E-state index is 4.77. The Kier molecular flexibility index (Phi) is 6.19. The molecule has 33 heavy (non-hydrogen) atoms. The molecule has 0 saturated carbocycles. The summed E-state index contributed by atoms with van der Waals surface area (Å²) in [6, 6.07) is 13.0. The SMILES string of the molecule is CCC1=CC=C=C(N2CCC(Cc3cccc4cc(-c5ccc(C)nc5)ncc34)CC2)N=C1. The number of aromatic nitrogens is 2. The molecular weight excluding hydrogens is 404 g/mol. The summed E-state index contributed by atoms with van der Waals surface area (Å²) in [5, 5.41) is 2.51. The zero-order valence-electron chi connectivity index (χ0n) is 19.5. The zero-order valence-corrected chi connectivity index (χ0v) is 19.5. The maximum atomic E-state index is 4.77. The van der Waals surface area contributed by atoms with E-state index in [1.54, 1.807) is 0 Å². The van der Waals surface area contributed by atoms with Crippen molar-refractivity contribution >= 4 is 17.0 Å². The minimum Gasteiger partial charge on any atom is -0.350 e. The van der Waals surface area contributed by atoms with Gasteiger partial charge in [0.25, 0.3) is 0 Å². The molecule has 1 fully saturated rings. The van der Waals surface area contributed by atoms with Crippen LogP contribution in [-0.2, 0) is 6.42 Å². The minimum atomic E-state index is 0.677. The lowest BCUT2D eigenvalue weighted by atomic mass is 9.88. The third-order valence-corrected chi connectivity index (χ3v) is 6.76. The number of piperidine rings is 1. The number of benzene rings is 1. The van der Waals surface area contributed by atoms with Crippen LogP contribution >= 0.6 is 0 Å². The number of allylic oxidation sites excluding steroid dienone is 3. The van der Waals surface area contributed by atoms with Gasteiger partial charge in [0.2, 0.25) is 0 Å². The number of pyridine rings is 2. The lowest BCUT2D eigenvalue weighted by Crippen LogP contribution is -2.33. The molecule has 0 amide bonds. The lowest BCUT2D eigenvalue weighted by molar-refractivity contribution is 0.225. The second kappa shape index (κ2) is 9.56. The van der Waals surface area contributed by atoms with Crippen molar-refractivity contribution < 1.29 is 0 Å². The fourth-order valence-electron chi connectivity index (χ4n) is 4.68. The van der Waals surface area contributed by atoms with Gasteiger partial charge in [-0.3, -0.25) is 9.97 Å². The Bertz CT molecular complexity index is 1270. The summed E-state index contributed by atoms with van der Waals surface area (Å²) >= 11 is 0. The molecule has 0 spiro atoms. The highest BCUT2D eigenvalue weighted by Gasteiger charge is 2.21. The summed E-state index contributed by atoms with van der Waals surface area (Å²) in [5.41, 5.74) is 9.07. The van der Waals surface area contributed by atoms with Crippen molar-refractivity contribution in [3.63, 3.8) is 0 Å². The van der Waals surface area contributed by atoms with Gasteiger partial charge in [-0.25, -0.2) is 4.99 Å². The van der Waals surface area contributed by atoms with Crippen molar-refractivity contribution in [2.24, 2.45) is 10.9 Å². The highest BCUT2D eigenvalue weighted by atomic mass is 15.2. The Labute approximate surface area is 196 Å². The number of aliphatic imine (C=N–C) groups is 1. The van der Waals surface area contributed by atoms with Crippen LogP contribution in [0.25, 0.3) is 22.0 Å². The number of aryl methyl sites for hydroxylation is 1. The van der Waals surface area contributed by atoms with Gasteiger partial charge in [-0.05, 0) is 85.4 Å². The average molecular weight is 435 g/mol. The van der Waals surface area contributed by atoms with Crippen LogP contribution in [0.4, 0.5) is 0 Å². The van der Waals surface area contributed by atoms with E-state index in [-0.39, 0.29) is 0 Å². The van der Waals surface area contributed by atoms with Crippen LogP contribution in [0, 0.1) is 12.8 Å². The number of nitrogens with zero attached hydrogens (tertiary/aromatic N) is 4. The van der Waals surface area contributed by atoms with Crippen molar-refractivity contribution in [1.82, 2.24) is 14.9 Å². The number of fused-ring (bicyclic) bond motifs is 1. The first-order valence-electron chi connectivity index (χ1n) is 11.9. The van der Waals surface area contributed by atoms with E-state index in [0.29, 0.717) is 5.92 Å². The second-order valence-corrected chi connectivity index (χ2v) is 9.02. The number of hydrogen-bond acceptors (Lipinski definition) is 4. The molecule has 1 aromatic carbocycles. The van der Waals surface area contributed by atoms with Gasteiger partial charge in [-0.15, -0.1) is 0 Å². The highest BCUT2D eigenvalue weighted by molar-refractivity contribution is 5.88. The molecule has 0 bridgehead atoms. The molecular formula is C29H30N4. The molecule has 4 nitrogen and oxygen atoms in total. The fraction of sp³-hybridized carbons (Fsp3) is 0.310. The van der Waals surface area contributed by atoms with E-state index in [0.717, 1.165) is 48.7 Å². The molecule has 1 saturated heterocycles. The maximum Gasteiger partial charge on any atom is 0.173 e. The molecule has 2 aromatic heterocycles.